The summed E-state index contributed by atoms with van der Waals surface area (Å²) >= 11 is 1.75. The molecule has 2 aromatic rings. The number of nitrogens with one attached hydrogen (secondary N) is 1. The van der Waals surface area contributed by atoms with Gasteiger partial charge in [0.15, 0.2) is 5.82 Å². The van der Waals surface area contributed by atoms with Gasteiger partial charge in [-0.3, -0.25) is 0 Å². The van der Waals surface area contributed by atoms with Crippen LogP contribution < -0.4 is 5.32 Å². The molecular weight excluding hydrogens is 270 g/mol. The predicted octanol–water partition coefficient (Wildman–Crippen LogP) is 3.52. The van der Waals surface area contributed by atoms with Gasteiger partial charge in [-0.05, 0) is 44.5 Å². The zero-order valence-corrected chi connectivity index (χ0v) is 12.6. The lowest BCUT2D eigenvalue weighted by Crippen LogP contribution is -2.11. The summed E-state index contributed by atoms with van der Waals surface area (Å²) in [4.78, 5) is 5.69. The van der Waals surface area contributed by atoms with Crippen molar-refractivity contribution in [3.8, 4) is 0 Å². The Balaban J connectivity index is 1.62. The third-order valence-electron chi connectivity index (χ3n) is 3.57. The highest BCUT2D eigenvalue weighted by Crippen LogP contribution is 2.39. The molecule has 1 heterocycles. The van der Waals surface area contributed by atoms with E-state index in [1.165, 1.54) is 23.3 Å². The molecule has 1 N–H and O–H groups in total. The summed E-state index contributed by atoms with van der Waals surface area (Å²) in [6.07, 6.45) is 2.39. The second-order valence-corrected chi connectivity index (χ2v) is 6.24. The van der Waals surface area contributed by atoms with E-state index in [0.717, 1.165) is 17.5 Å². The van der Waals surface area contributed by atoms with Gasteiger partial charge in [-0.2, -0.15) is 4.98 Å². The Labute approximate surface area is 123 Å². The van der Waals surface area contributed by atoms with Crippen LogP contribution >= 0.6 is 11.8 Å². The Bertz CT molecular complexity index is 580. The number of nitrogens with zero attached hydrogens (tertiary/aromatic N) is 2. The lowest BCUT2D eigenvalue weighted by atomic mass is 10.1. The minimum absolute atomic E-state index is 0.363. The summed E-state index contributed by atoms with van der Waals surface area (Å²) in [5.41, 5.74) is 1.30. The molecule has 0 amide bonds. The van der Waals surface area contributed by atoms with E-state index in [9.17, 15) is 0 Å². The minimum atomic E-state index is 0.363. The monoisotopic (exact) mass is 289 g/mol. The normalized spacial score (nSPS) is 16.3. The Morgan fingerprint density at radius 3 is 3.05 bits per heavy atom. The first-order chi connectivity index (χ1) is 9.76. The SMILES string of the molecule is CNC(C)c1cccc(SCc2noc(C3CC3)n2)c1. The van der Waals surface area contributed by atoms with Crippen LogP contribution in [-0.2, 0) is 5.75 Å². The predicted molar refractivity (Wildman–Crippen MR) is 79.8 cm³/mol. The summed E-state index contributed by atoms with van der Waals surface area (Å²) in [7, 11) is 1.98. The molecule has 0 bridgehead atoms. The Morgan fingerprint density at radius 2 is 2.30 bits per heavy atom. The molecule has 1 aliphatic rings. The highest BCUT2D eigenvalue weighted by molar-refractivity contribution is 7.98. The molecular formula is C15H19N3OS. The van der Waals surface area contributed by atoms with Gasteiger partial charge in [0.05, 0.1) is 5.75 Å². The van der Waals surface area contributed by atoms with Gasteiger partial charge >= 0.3 is 0 Å². The first-order valence-electron chi connectivity index (χ1n) is 6.99. The van der Waals surface area contributed by atoms with Crippen LogP contribution in [0.2, 0.25) is 0 Å². The maximum Gasteiger partial charge on any atom is 0.229 e. The van der Waals surface area contributed by atoms with Crippen molar-refractivity contribution in [2.24, 2.45) is 0 Å². The van der Waals surface area contributed by atoms with Gasteiger partial charge in [-0.1, -0.05) is 17.3 Å². The summed E-state index contributed by atoms with van der Waals surface area (Å²) < 4.78 is 5.27. The summed E-state index contributed by atoms with van der Waals surface area (Å²) in [5.74, 6) is 2.90. The van der Waals surface area contributed by atoms with E-state index < -0.39 is 0 Å². The van der Waals surface area contributed by atoms with Crippen LogP contribution in [0.5, 0.6) is 0 Å². The average molecular weight is 289 g/mol. The molecule has 1 aliphatic carbocycles. The molecule has 1 aromatic heterocycles. The molecule has 5 heteroatoms. The van der Waals surface area contributed by atoms with Crippen LogP contribution in [0.3, 0.4) is 0 Å². The van der Waals surface area contributed by atoms with Crippen molar-refractivity contribution in [3.63, 3.8) is 0 Å². The number of aromatic nitrogens is 2. The molecule has 1 saturated carbocycles. The zero-order chi connectivity index (χ0) is 13.9. The summed E-state index contributed by atoms with van der Waals surface area (Å²) in [6, 6.07) is 8.94. The molecule has 1 aromatic carbocycles. The van der Waals surface area contributed by atoms with E-state index in [1.54, 1.807) is 11.8 Å². The van der Waals surface area contributed by atoms with Crippen LogP contribution in [0.4, 0.5) is 0 Å². The molecule has 106 valence electrons. The van der Waals surface area contributed by atoms with Crippen LogP contribution in [0, 0.1) is 0 Å². The lowest BCUT2D eigenvalue weighted by molar-refractivity contribution is 0.375. The highest BCUT2D eigenvalue weighted by Gasteiger charge is 2.29. The zero-order valence-electron chi connectivity index (χ0n) is 11.8. The van der Waals surface area contributed by atoms with Gasteiger partial charge in [0.25, 0.3) is 0 Å². The largest absolute Gasteiger partial charge is 0.339 e. The maximum absolute atomic E-state index is 5.27. The number of benzene rings is 1. The van der Waals surface area contributed by atoms with Crippen LogP contribution in [0.1, 0.15) is 49.0 Å². The molecule has 20 heavy (non-hydrogen) atoms. The highest BCUT2D eigenvalue weighted by atomic mass is 32.2. The first-order valence-corrected chi connectivity index (χ1v) is 7.97. The van der Waals surface area contributed by atoms with Crippen molar-refractivity contribution in [2.75, 3.05) is 7.05 Å². The van der Waals surface area contributed by atoms with Crippen molar-refractivity contribution in [1.82, 2.24) is 15.5 Å². The number of thioether (sulfide) groups is 1. The Morgan fingerprint density at radius 1 is 1.45 bits per heavy atom. The fraction of sp³-hybridized carbons (Fsp3) is 0.467. The Hall–Kier alpha value is -1.33. The first kappa shape index (κ1) is 13.6. The second kappa shape index (κ2) is 5.97. The van der Waals surface area contributed by atoms with Crippen LogP contribution in [-0.4, -0.2) is 17.2 Å². The molecule has 3 rings (SSSR count). The lowest BCUT2D eigenvalue weighted by Gasteiger charge is -2.11. The molecule has 1 unspecified atom stereocenters. The number of hydrogen-bond donors (Lipinski definition) is 1. The average Bonchev–Trinajstić information content (AvgIpc) is 3.23. The molecule has 1 fully saturated rings. The van der Waals surface area contributed by atoms with Gasteiger partial charge in [0, 0.05) is 16.9 Å². The van der Waals surface area contributed by atoms with E-state index >= 15 is 0 Å². The van der Waals surface area contributed by atoms with E-state index in [4.69, 9.17) is 4.52 Å². The third kappa shape index (κ3) is 3.22. The van der Waals surface area contributed by atoms with Crippen LogP contribution in [0.15, 0.2) is 33.7 Å². The summed E-state index contributed by atoms with van der Waals surface area (Å²) in [5, 5.41) is 7.30. The number of hydrogen-bond acceptors (Lipinski definition) is 5. The smallest absolute Gasteiger partial charge is 0.229 e. The molecule has 0 aliphatic heterocycles. The topological polar surface area (TPSA) is 51.0 Å². The molecule has 0 saturated heterocycles. The van der Waals surface area contributed by atoms with Crippen LogP contribution in [0.25, 0.3) is 0 Å². The second-order valence-electron chi connectivity index (χ2n) is 5.19. The van der Waals surface area contributed by atoms with Gasteiger partial charge in [0.1, 0.15) is 0 Å². The van der Waals surface area contributed by atoms with E-state index in [2.05, 4.69) is 46.6 Å². The quantitative estimate of drug-likeness (QED) is 0.825. The van der Waals surface area contributed by atoms with Crippen molar-refractivity contribution in [3.05, 3.63) is 41.5 Å². The molecule has 0 radical (unpaired) electrons. The third-order valence-corrected chi connectivity index (χ3v) is 4.56. The van der Waals surface area contributed by atoms with Gasteiger partial charge < -0.3 is 9.84 Å². The fourth-order valence-electron chi connectivity index (χ4n) is 2.01. The number of rotatable bonds is 6. The van der Waals surface area contributed by atoms with Crippen molar-refractivity contribution >= 4 is 11.8 Å². The standard InChI is InChI=1S/C15H19N3OS/c1-10(16-2)12-4-3-5-13(8-12)20-9-14-17-15(19-18-14)11-6-7-11/h3-5,8,10-11,16H,6-7,9H2,1-2H3. The summed E-state index contributed by atoms with van der Waals surface area (Å²) in [6.45, 7) is 2.16. The van der Waals surface area contributed by atoms with E-state index in [0.29, 0.717) is 12.0 Å². The minimum Gasteiger partial charge on any atom is -0.339 e. The molecule has 4 nitrogen and oxygen atoms in total. The Kier molecular flexibility index (Phi) is 4.08. The van der Waals surface area contributed by atoms with Crippen molar-refractivity contribution in [2.45, 2.75) is 42.4 Å². The van der Waals surface area contributed by atoms with Gasteiger partial charge in [0.2, 0.25) is 5.89 Å². The van der Waals surface area contributed by atoms with Gasteiger partial charge in [-0.15, -0.1) is 11.8 Å². The maximum atomic E-state index is 5.27. The van der Waals surface area contributed by atoms with E-state index in [-0.39, 0.29) is 0 Å². The van der Waals surface area contributed by atoms with Crippen molar-refractivity contribution < 1.29 is 4.52 Å². The fourth-order valence-corrected chi connectivity index (χ4v) is 2.82. The van der Waals surface area contributed by atoms with Crippen molar-refractivity contribution in [1.29, 1.82) is 0 Å². The molecule has 0 spiro atoms. The molecule has 1 atom stereocenters. The van der Waals surface area contributed by atoms with Gasteiger partial charge in [-0.25, -0.2) is 0 Å². The van der Waals surface area contributed by atoms with E-state index in [1.807, 2.05) is 7.05 Å².